The summed E-state index contributed by atoms with van der Waals surface area (Å²) in [5, 5.41) is 0.443. The van der Waals surface area contributed by atoms with E-state index in [2.05, 4.69) is 6.07 Å². The van der Waals surface area contributed by atoms with Crippen molar-refractivity contribution < 1.29 is 13.9 Å². The maximum absolute atomic E-state index is 14.0. The summed E-state index contributed by atoms with van der Waals surface area (Å²) in [5.74, 6) is -0.286. The Bertz CT molecular complexity index is 809. The highest BCUT2D eigenvalue weighted by Crippen LogP contribution is 2.26. The van der Waals surface area contributed by atoms with Crippen LogP contribution in [0.25, 0.3) is 0 Å². The first-order valence-electron chi connectivity index (χ1n) is 8.74. The van der Waals surface area contributed by atoms with Gasteiger partial charge in [-0.05, 0) is 56.0 Å². The molecule has 26 heavy (non-hydrogen) atoms. The van der Waals surface area contributed by atoms with Crippen LogP contribution in [0.15, 0.2) is 36.4 Å². The van der Waals surface area contributed by atoms with E-state index < -0.39 is 5.60 Å². The van der Waals surface area contributed by atoms with E-state index in [1.807, 2.05) is 32.9 Å². The Balaban J connectivity index is 1.74. The molecule has 5 heteroatoms. The Hall–Kier alpha value is -2.07. The van der Waals surface area contributed by atoms with Crippen LogP contribution in [0.4, 0.5) is 9.18 Å². The van der Waals surface area contributed by atoms with Gasteiger partial charge in [0.2, 0.25) is 0 Å². The van der Waals surface area contributed by atoms with Gasteiger partial charge in [-0.2, -0.15) is 0 Å². The lowest BCUT2D eigenvalue weighted by Crippen LogP contribution is -2.39. The molecule has 0 aromatic heterocycles. The third kappa shape index (κ3) is 4.36. The lowest BCUT2D eigenvalue weighted by Gasteiger charge is -2.31. The second-order valence-corrected chi connectivity index (χ2v) is 8.04. The number of carbonyl (C=O) groups is 1. The highest BCUT2D eigenvalue weighted by Gasteiger charge is 2.25. The van der Waals surface area contributed by atoms with Gasteiger partial charge in [0.1, 0.15) is 11.4 Å². The van der Waals surface area contributed by atoms with Crippen molar-refractivity contribution in [3.8, 4) is 0 Å². The summed E-state index contributed by atoms with van der Waals surface area (Å²) in [6, 6.07) is 10.8. The zero-order valence-corrected chi connectivity index (χ0v) is 16.1. The van der Waals surface area contributed by atoms with Gasteiger partial charge in [0.15, 0.2) is 0 Å². The summed E-state index contributed by atoms with van der Waals surface area (Å²) in [5.41, 5.74) is 3.32. The van der Waals surface area contributed by atoms with Gasteiger partial charge in [-0.3, -0.25) is 0 Å². The van der Waals surface area contributed by atoms with Gasteiger partial charge in [-0.15, -0.1) is 0 Å². The smallest absolute Gasteiger partial charge is 0.410 e. The molecular weight excluding hydrogens is 353 g/mol. The second-order valence-electron chi connectivity index (χ2n) is 7.63. The van der Waals surface area contributed by atoms with E-state index in [4.69, 9.17) is 16.3 Å². The molecule has 0 fully saturated rings. The quantitative estimate of drug-likeness (QED) is 0.706. The Morgan fingerprint density at radius 3 is 2.69 bits per heavy atom. The van der Waals surface area contributed by atoms with Crippen LogP contribution in [0.2, 0.25) is 5.02 Å². The van der Waals surface area contributed by atoms with Crippen molar-refractivity contribution in [2.45, 2.75) is 45.8 Å². The monoisotopic (exact) mass is 375 g/mol. The molecule has 0 spiro atoms. The zero-order valence-electron chi connectivity index (χ0n) is 15.3. The van der Waals surface area contributed by atoms with E-state index in [9.17, 15) is 9.18 Å². The molecule has 0 unspecified atom stereocenters. The van der Waals surface area contributed by atoms with Crippen LogP contribution in [0.3, 0.4) is 0 Å². The van der Waals surface area contributed by atoms with Crippen LogP contribution in [-0.2, 0) is 24.1 Å². The molecule has 0 N–H and O–H groups in total. The van der Waals surface area contributed by atoms with Crippen LogP contribution < -0.4 is 0 Å². The predicted molar refractivity (Wildman–Crippen MR) is 101 cm³/mol. The van der Waals surface area contributed by atoms with Crippen molar-refractivity contribution >= 4 is 17.7 Å². The molecule has 0 saturated carbocycles. The molecule has 2 aromatic rings. The van der Waals surface area contributed by atoms with E-state index in [1.54, 1.807) is 17.0 Å². The van der Waals surface area contributed by atoms with Crippen LogP contribution in [0.1, 0.15) is 43.0 Å². The summed E-state index contributed by atoms with van der Waals surface area (Å²) in [7, 11) is 0. The number of ether oxygens (including phenoxy) is 1. The molecule has 138 valence electrons. The van der Waals surface area contributed by atoms with Gasteiger partial charge in [0.25, 0.3) is 0 Å². The molecule has 0 bridgehead atoms. The van der Waals surface area contributed by atoms with E-state index in [0.717, 1.165) is 17.5 Å². The van der Waals surface area contributed by atoms with Crippen molar-refractivity contribution in [3.05, 3.63) is 69.5 Å². The molecule has 3 nitrogen and oxygen atoms in total. The average Bonchev–Trinajstić information content (AvgIpc) is 2.56. The normalized spacial score (nSPS) is 14.1. The number of hydrogen-bond donors (Lipinski definition) is 0. The van der Waals surface area contributed by atoms with Crippen molar-refractivity contribution in [1.82, 2.24) is 4.90 Å². The van der Waals surface area contributed by atoms with Crippen LogP contribution in [-0.4, -0.2) is 23.1 Å². The van der Waals surface area contributed by atoms with Crippen molar-refractivity contribution in [2.75, 3.05) is 6.54 Å². The standard InChI is InChI=1S/C21H23ClFNO2/c1-21(2,3)26-20(25)24-10-9-15-11-14(7-8-16(15)13-24)12-17-18(22)5-4-6-19(17)23/h4-8,11H,9-10,12-13H2,1-3H3. The van der Waals surface area contributed by atoms with E-state index >= 15 is 0 Å². The Labute approximate surface area is 158 Å². The highest BCUT2D eigenvalue weighted by atomic mass is 35.5. The SMILES string of the molecule is CC(C)(C)OC(=O)N1CCc2cc(Cc3c(F)cccc3Cl)ccc2C1. The van der Waals surface area contributed by atoms with Crippen molar-refractivity contribution in [2.24, 2.45) is 0 Å². The summed E-state index contributed by atoms with van der Waals surface area (Å²) in [6.45, 7) is 6.74. The summed E-state index contributed by atoms with van der Waals surface area (Å²) >= 11 is 6.13. The fourth-order valence-corrected chi connectivity index (χ4v) is 3.33. The molecule has 1 heterocycles. The first kappa shape index (κ1) is 18.7. The zero-order chi connectivity index (χ0) is 18.9. The molecule has 2 aromatic carbocycles. The maximum Gasteiger partial charge on any atom is 0.410 e. The van der Waals surface area contributed by atoms with Gasteiger partial charge >= 0.3 is 6.09 Å². The molecule has 0 aliphatic carbocycles. The van der Waals surface area contributed by atoms with Gasteiger partial charge in [0.05, 0.1) is 0 Å². The van der Waals surface area contributed by atoms with Gasteiger partial charge in [-0.25, -0.2) is 9.18 Å². The molecule has 0 radical (unpaired) electrons. The average molecular weight is 376 g/mol. The molecule has 0 atom stereocenters. The number of benzene rings is 2. The van der Waals surface area contributed by atoms with Gasteiger partial charge in [0, 0.05) is 30.1 Å². The maximum atomic E-state index is 14.0. The number of nitrogens with zero attached hydrogens (tertiary/aromatic N) is 1. The number of fused-ring (bicyclic) bond motifs is 1. The Morgan fingerprint density at radius 2 is 2.00 bits per heavy atom. The third-order valence-corrected chi connectivity index (χ3v) is 4.73. The fraction of sp³-hybridized carbons (Fsp3) is 0.381. The molecule has 1 aliphatic heterocycles. The van der Waals surface area contributed by atoms with E-state index in [0.29, 0.717) is 30.1 Å². The molecule has 3 rings (SSSR count). The summed E-state index contributed by atoms with van der Waals surface area (Å²) < 4.78 is 19.5. The van der Waals surface area contributed by atoms with Crippen LogP contribution in [0.5, 0.6) is 0 Å². The first-order valence-corrected chi connectivity index (χ1v) is 9.12. The number of carbonyl (C=O) groups excluding carboxylic acids is 1. The van der Waals surface area contributed by atoms with Crippen molar-refractivity contribution in [1.29, 1.82) is 0 Å². The first-order chi connectivity index (χ1) is 12.2. The van der Waals surface area contributed by atoms with Crippen LogP contribution in [0, 0.1) is 5.82 Å². The highest BCUT2D eigenvalue weighted by molar-refractivity contribution is 6.31. The third-order valence-electron chi connectivity index (χ3n) is 4.38. The minimum atomic E-state index is -0.500. The largest absolute Gasteiger partial charge is 0.444 e. The minimum absolute atomic E-state index is 0.286. The van der Waals surface area contributed by atoms with Crippen molar-refractivity contribution in [3.63, 3.8) is 0 Å². The number of halogens is 2. The molecule has 1 aliphatic rings. The fourth-order valence-electron chi connectivity index (χ4n) is 3.10. The Kier molecular flexibility index (Phi) is 5.24. The lowest BCUT2D eigenvalue weighted by atomic mass is 9.95. The summed E-state index contributed by atoms with van der Waals surface area (Å²) in [4.78, 5) is 14.0. The molecular formula is C21H23ClFNO2. The number of amides is 1. The second kappa shape index (κ2) is 7.28. The molecule has 1 amide bonds. The van der Waals surface area contributed by atoms with E-state index in [1.165, 1.54) is 11.6 Å². The van der Waals surface area contributed by atoms with E-state index in [-0.39, 0.29) is 11.9 Å². The van der Waals surface area contributed by atoms with Gasteiger partial charge in [-0.1, -0.05) is 35.9 Å². The number of hydrogen-bond acceptors (Lipinski definition) is 2. The number of rotatable bonds is 2. The van der Waals surface area contributed by atoms with Crippen LogP contribution >= 0.6 is 11.6 Å². The minimum Gasteiger partial charge on any atom is -0.444 e. The topological polar surface area (TPSA) is 29.5 Å². The molecule has 0 saturated heterocycles. The van der Waals surface area contributed by atoms with Gasteiger partial charge < -0.3 is 9.64 Å². The summed E-state index contributed by atoms with van der Waals surface area (Å²) in [6.07, 6.45) is 0.924. The Morgan fingerprint density at radius 1 is 1.23 bits per heavy atom. The predicted octanol–water partition coefficient (Wildman–Crippen LogP) is 5.36. The lowest BCUT2D eigenvalue weighted by molar-refractivity contribution is 0.0224.